The van der Waals surface area contributed by atoms with Crippen LogP contribution in [0.25, 0.3) is 61.9 Å². The SMILES string of the molecule is CCCCC(CC)COc1cccc(OCC(CC)CCCC)c1-c1sc2c(sc3c(-c4ccccc4)c(-c4c(OCC(CC)CCCC)cccc4OCC(CC)CCCC)sc32)c1-c1ccccc1. The van der Waals surface area contributed by atoms with Gasteiger partial charge in [0.25, 0.3) is 0 Å². The molecule has 3 heterocycles. The van der Waals surface area contributed by atoms with Crippen LogP contribution >= 0.6 is 34.0 Å². The quantitative estimate of drug-likeness (QED) is 0.0421. The summed E-state index contributed by atoms with van der Waals surface area (Å²) < 4.78 is 33.4. The molecule has 0 radical (unpaired) electrons. The van der Waals surface area contributed by atoms with E-state index in [1.807, 2.05) is 34.0 Å². The summed E-state index contributed by atoms with van der Waals surface area (Å²) in [6.07, 6.45) is 18.8. The van der Waals surface area contributed by atoms with Gasteiger partial charge in [0.05, 0.1) is 66.1 Å². The van der Waals surface area contributed by atoms with Gasteiger partial charge in [0.15, 0.2) is 0 Å². The zero-order valence-electron chi connectivity index (χ0n) is 44.5. The molecule has 0 saturated heterocycles. The predicted octanol–water partition coefficient (Wildman–Crippen LogP) is 21.2. The molecule has 0 amide bonds. The van der Waals surface area contributed by atoms with E-state index in [0.29, 0.717) is 50.1 Å². The van der Waals surface area contributed by atoms with Crippen LogP contribution in [0.1, 0.15) is 158 Å². The summed E-state index contributed by atoms with van der Waals surface area (Å²) in [5.41, 5.74) is 7.12. The zero-order valence-corrected chi connectivity index (χ0v) is 47.0. The van der Waals surface area contributed by atoms with Gasteiger partial charge in [-0.1, -0.05) is 205 Å². The van der Waals surface area contributed by atoms with Crippen molar-refractivity contribution in [1.29, 1.82) is 0 Å². The minimum absolute atomic E-state index is 0.501. The molecule has 0 aliphatic carbocycles. The molecule has 4 atom stereocenters. The smallest absolute Gasteiger partial charge is 0.131 e. The third-order valence-corrected chi connectivity index (χ3v) is 18.8. The van der Waals surface area contributed by atoms with Crippen LogP contribution in [0.3, 0.4) is 0 Å². The first-order valence-corrected chi connectivity index (χ1v) is 30.3. The minimum Gasteiger partial charge on any atom is -0.492 e. The molecule has 0 fully saturated rings. The molecule has 0 saturated carbocycles. The second-order valence-electron chi connectivity index (χ2n) is 19.9. The summed E-state index contributed by atoms with van der Waals surface area (Å²) in [6.45, 7) is 21.2. The molecular weight excluding hydrogens is 929 g/mol. The fourth-order valence-electron chi connectivity index (χ4n) is 9.89. The molecule has 4 nitrogen and oxygen atoms in total. The van der Waals surface area contributed by atoms with Crippen LogP contribution in [-0.2, 0) is 0 Å². The van der Waals surface area contributed by atoms with Crippen LogP contribution in [-0.4, -0.2) is 26.4 Å². The van der Waals surface area contributed by atoms with Gasteiger partial charge < -0.3 is 18.9 Å². The summed E-state index contributed by atoms with van der Waals surface area (Å²) >= 11 is 5.77. The summed E-state index contributed by atoms with van der Waals surface area (Å²) in [5.74, 6) is 5.67. The Kier molecular flexibility index (Phi) is 21.7. The van der Waals surface area contributed by atoms with Crippen LogP contribution in [0.5, 0.6) is 23.0 Å². The van der Waals surface area contributed by atoms with Crippen molar-refractivity contribution in [3.05, 3.63) is 97.1 Å². The van der Waals surface area contributed by atoms with Crippen LogP contribution < -0.4 is 18.9 Å². The van der Waals surface area contributed by atoms with Crippen LogP contribution in [0, 0.1) is 23.7 Å². The van der Waals surface area contributed by atoms with Crippen molar-refractivity contribution in [2.45, 2.75) is 158 Å². The third-order valence-electron chi connectivity index (χ3n) is 14.8. The highest BCUT2D eigenvalue weighted by Gasteiger charge is 2.31. The van der Waals surface area contributed by atoms with E-state index in [2.05, 4.69) is 152 Å². The van der Waals surface area contributed by atoms with Gasteiger partial charge >= 0.3 is 0 Å². The van der Waals surface area contributed by atoms with Crippen LogP contribution in [0.4, 0.5) is 0 Å². The fourth-order valence-corrected chi connectivity index (χ4v) is 14.6. The number of hydrogen-bond donors (Lipinski definition) is 0. The van der Waals surface area contributed by atoms with Gasteiger partial charge in [-0.05, 0) is 84.7 Å². The van der Waals surface area contributed by atoms with E-state index in [0.717, 1.165) is 59.8 Å². The molecule has 3 aromatic heterocycles. The highest BCUT2D eigenvalue weighted by Crippen LogP contribution is 2.60. The molecule has 4 aromatic carbocycles. The molecule has 7 heteroatoms. The average Bonchev–Trinajstić information content (AvgIpc) is 4.07. The molecule has 0 aliphatic rings. The lowest BCUT2D eigenvalue weighted by atomic mass is 9.99. The van der Waals surface area contributed by atoms with Crippen molar-refractivity contribution in [2.75, 3.05) is 26.4 Å². The van der Waals surface area contributed by atoms with Gasteiger partial charge in [0.2, 0.25) is 0 Å². The Balaban J connectivity index is 1.46. The first-order chi connectivity index (χ1) is 34.9. The van der Waals surface area contributed by atoms with E-state index in [9.17, 15) is 0 Å². The summed E-state index contributed by atoms with van der Waals surface area (Å²) in [5, 5.41) is 0. The molecule has 382 valence electrons. The highest BCUT2D eigenvalue weighted by atomic mass is 32.1. The number of fused-ring (bicyclic) bond motifs is 3. The average molecular weight is 1010 g/mol. The number of hydrogen-bond acceptors (Lipinski definition) is 7. The Labute approximate surface area is 440 Å². The Morgan fingerprint density at radius 1 is 0.324 bits per heavy atom. The number of rotatable bonds is 32. The summed E-state index contributed by atoms with van der Waals surface area (Å²) in [4.78, 5) is 2.43. The van der Waals surface area contributed by atoms with E-state index in [1.54, 1.807) is 0 Å². The Hall–Kier alpha value is -4.30. The van der Waals surface area contributed by atoms with Gasteiger partial charge in [0, 0.05) is 11.1 Å². The zero-order chi connectivity index (χ0) is 50.0. The first kappa shape index (κ1) is 54.5. The maximum atomic E-state index is 7.04. The highest BCUT2D eigenvalue weighted by molar-refractivity contribution is 7.41. The molecule has 7 rings (SSSR count). The normalized spacial score (nSPS) is 13.4. The van der Waals surface area contributed by atoms with Crippen LogP contribution in [0.15, 0.2) is 97.1 Å². The van der Waals surface area contributed by atoms with Gasteiger partial charge in [-0.3, -0.25) is 0 Å². The van der Waals surface area contributed by atoms with Gasteiger partial charge in [0.1, 0.15) is 23.0 Å². The molecule has 0 spiro atoms. The number of thiophene rings is 3. The molecule has 0 N–H and O–H groups in total. The van der Waals surface area contributed by atoms with Crippen molar-refractivity contribution < 1.29 is 18.9 Å². The maximum Gasteiger partial charge on any atom is 0.131 e. The van der Waals surface area contributed by atoms with E-state index in [-0.39, 0.29) is 0 Å². The standard InChI is InChI=1S/C64H84O4S3/c1-9-17-29-45(13-5)41-65-51-37-27-38-52(66-42-46(14-6)30-18-10-2)57(51)59-55(49-33-23-21-24-34-49)61-63(69-59)64-62(71-61)56(50-35-25-22-26-36-50)60(70-64)58-53(67-43-47(15-7)31-19-11-3)39-28-40-54(58)68-44-48(16-8)32-20-12-4/h21-28,33-40,45-48H,9-20,29-32,41-44H2,1-8H3. The van der Waals surface area contributed by atoms with Crippen molar-refractivity contribution in [3.63, 3.8) is 0 Å². The third kappa shape index (κ3) is 13.7. The topological polar surface area (TPSA) is 36.9 Å². The number of benzene rings is 4. The Bertz CT molecular complexity index is 2380. The van der Waals surface area contributed by atoms with E-state index >= 15 is 0 Å². The minimum atomic E-state index is 0.501. The summed E-state index contributed by atoms with van der Waals surface area (Å²) in [7, 11) is 0. The molecule has 7 aromatic rings. The van der Waals surface area contributed by atoms with Gasteiger partial charge in [-0.2, -0.15) is 0 Å². The number of ether oxygens (including phenoxy) is 4. The lowest BCUT2D eigenvalue weighted by molar-refractivity contribution is 0.224. The van der Waals surface area contributed by atoms with Crippen molar-refractivity contribution >= 4 is 52.8 Å². The Morgan fingerprint density at radius 3 is 0.887 bits per heavy atom. The first-order valence-electron chi connectivity index (χ1n) is 27.8. The lowest BCUT2D eigenvalue weighted by Crippen LogP contribution is -2.13. The molecule has 71 heavy (non-hydrogen) atoms. The van der Waals surface area contributed by atoms with Crippen molar-refractivity contribution in [3.8, 4) is 66.1 Å². The van der Waals surface area contributed by atoms with Crippen LogP contribution in [0.2, 0.25) is 0 Å². The Morgan fingerprint density at radius 2 is 0.620 bits per heavy atom. The summed E-state index contributed by atoms with van der Waals surface area (Å²) in [6, 6.07) is 35.2. The molecular formula is C64H84O4S3. The monoisotopic (exact) mass is 1010 g/mol. The van der Waals surface area contributed by atoms with Crippen molar-refractivity contribution in [1.82, 2.24) is 0 Å². The van der Waals surface area contributed by atoms with Gasteiger partial charge in [-0.25, -0.2) is 0 Å². The number of unbranched alkanes of at least 4 members (excludes halogenated alkanes) is 4. The predicted molar refractivity (Wildman–Crippen MR) is 312 cm³/mol. The second kappa shape index (κ2) is 28.2. The maximum absolute atomic E-state index is 7.04. The van der Waals surface area contributed by atoms with E-state index in [1.165, 1.54) is 128 Å². The fraction of sp³-hybridized carbons (Fsp3) is 0.500. The second-order valence-corrected chi connectivity index (χ2v) is 23.0. The molecule has 0 bridgehead atoms. The van der Waals surface area contributed by atoms with E-state index in [4.69, 9.17) is 18.9 Å². The largest absolute Gasteiger partial charge is 0.492 e. The molecule has 0 aliphatic heterocycles. The van der Waals surface area contributed by atoms with Crippen molar-refractivity contribution in [2.24, 2.45) is 23.7 Å². The lowest BCUT2D eigenvalue weighted by Gasteiger charge is -2.21. The van der Waals surface area contributed by atoms with Gasteiger partial charge in [-0.15, -0.1) is 34.0 Å². The van der Waals surface area contributed by atoms with E-state index < -0.39 is 0 Å². The molecule has 4 unspecified atom stereocenters.